The van der Waals surface area contributed by atoms with Crippen molar-refractivity contribution in [2.75, 3.05) is 11.4 Å². The Morgan fingerprint density at radius 2 is 2.50 bits per heavy atom. The highest BCUT2D eigenvalue weighted by molar-refractivity contribution is 5.68. The van der Waals surface area contributed by atoms with Gasteiger partial charge in [0.2, 0.25) is 5.95 Å². The molecule has 0 aliphatic carbocycles. The van der Waals surface area contributed by atoms with Crippen molar-refractivity contribution in [1.29, 1.82) is 0 Å². The Morgan fingerprint density at radius 3 is 3.19 bits per heavy atom. The molecule has 1 saturated heterocycles. The predicted octanol–water partition coefficient (Wildman–Crippen LogP) is 1.35. The van der Waals surface area contributed by atoms with Crippen LogP contribution in [0.4, 0.5) is 5.95 Å². The van der Waals surface area contributed by atoms with E-state index in [9.17, 15) is 4.79 Å². The molecule has 5 heteroatoms. The van der Waals surface area contributed by atoms with Crippen molar-refractivity contribution in [2.45, 2.75) is 38.8 Å². The van der Waals surface area contributed by atoms with Gasteiger partial charge in [0.05, 0.1) is 6.42 Å². The summed E-state index contributed by atoms with van der Waals surface area (Å²) in [5.74, 6) is 0.178. The van der Waals surface area contributed by atoms with E-state index in [1.165, 1.54) is 0 Å². The van der Waals surface area contributed by atoms with Crippen LogP contribution in [0.1, 0.15) is 26.2 Å². The second-order valence-electron chi connectivity index (χ2n) is 4.10. The first kappa shape index (κ1) is 11.0. The molecular weight excluding hydrogens is 206 g/mol. The lowest BCUT2D eigenvalue weighted by molar-refractivity contribution is -0.137. The van der Waals surface area contributed by atoms with Crippen LogP contribution in [-0.4, -0.2) is 33.2 Å². The molecule has 5 nitrogen and oxygen atoms in total. The molecule has 1 N–H and O–H groups in total. The van der Waals surface area contributed by atoms with Gasteiger partial charge in [0.15, 0.2) is 0 Å². The summed E-state index contributed by atoms with van der Waals surface area (Å²) >= 11 is 0. The van der Waals surface area contributed by atoms with Gasteiger partial charge in [-0.25, -0.2) is 4.98 Å². The smallest absolute Gasteiger partial charge is 0.305 e. The Bertz CT molecular complexity index is 375. The van der Waals surface area contributed by atoms with Crippen LogP contribution in [-0.2, 0) is 11.3 Å². The molecule has 1 aliphatic heterocycles. The number of anilines is 1. The Kier molecular flexibility index (Phi) is 3.12. The Hall–Kier alpha value is -1.52. The summed E-state index contributed by atoms with van der Waals surface area (Å²) < 4.78 is 2.06. The van der Waals surface area contributed by atoms with Crippen LogP contribution in [0.2, 0.25) is 0 Å². The number of rotatable bonds is 4. The van der Waals surface area contributed by atoms with Crippen LogP contribution in [0.25, 0.3) is 0 Å². The SMILES string of the molecule is CCn1ccnc1N1CCCC1CC(=O)O. The average Bonchev–Trinajstić information content (AvgIpc) is 2.83. The Labute approximate surface area is 94.7 Å². The normalized spacial score (nSPS) is 20.3. The highest BCUT2D eigenvalue weighted by Crippen LogP contribution is 2.25. The number of aliphatic carboxylic acids is 1. The number of nitrogens with zero attached hydrogens (tertiary/aromatic N) is 3. The van der Waals surface area contributed by atoms with Crippen LogP contribution in [0.15, 0.2) is 12.4 Å². The quantitative estimate of drug-likeness (QED) is 0.837. The third-order valence-electron chi connectivity index (χ3n) is 3.08. The summed E-state index contributed by atoms with van der Waals surface area (Å²) in [6.45, 7) is 3.84. The summed E-state index contributed by atoms with van der Waals surface area (Å²) in [6.07, 6.45) is 5.91. The molecule has 1 aromatic rings. The molecule has 1 aliphatic rings. The van der Waals surface area contributed by atoms with Gasteiger partial charge in [-0.1, -0.05) is 0 Å². The summed E-state index contributed by atoms with van der Waals surface area (Å²) in [7, 11) is 0. The molecule has 2 heterocycles. The zero-order valence-corrected chi connectivity index (χ0v) is 9.46. The number of aryl methyl sites for hydroxylation is 1. The van der Waals surface area contributed by atoms with Crippen LogP contribution in [0.3, 0.4) is 0 Å². The van der Waals surface area contributed by atoms with Crippen LogP contribution < -0.4 is 4.90 Å². The molecule has 16 heavy (non-hydrogen) atoms. The van der Waals surface area contributed by atoms with E-state index < -0.39 is 5.97 Å². The summed E-state index contributed by atoms with van der Waals surface area (Å²) in [4.78, 5) is 17.2. The number of carboxylic acids is 1. The van der Waals surface area contributed by atoms with Crippen molar-refractivity contribution in [3.05, 3.63) is 12.4 Å². The highest BCUT2D eigenvalue weighted by atomic mass is 16.4. The molecule has 0 amide bonds. The first-order valence-corrected chi connectivity index (χ1v) is 5.72. The van der Waals surface area contributed by atoms with Crippen LogP contribution in [0.5, 0.6) is 0 Å². The second-order valence-corrected chi connectivity index (χ2v) is 4.10. The fraction of sp³-hybridized carbons (Fsp3) is 0.636. The van der Waals surface area contributed by atoms with Crippen molar-refractivity contribution in [3.63, 3.8) is 0 Å². The molecule has 1 atom stereocenters. The number of aromatic nitrogens is 2. The summed E-state index contributed by atoms with van der Waals surface area (Å²) in [6, 6.07) is 0.102. The number of carbonyl (C=O) groups is 1. The molecule has 0 saturated carbocycles. The third kappa shape index (κ3) is 2.03. The van der Waals surface area contributed by atoms with Crippen molar-refractivity contribution < 1.29 is 9.90 Å². The van der Waals surface area contributed by atoms with E-state index >= 15 is 0 Å². The molecular formula is C11H17N3O2. The zero-order chi connectivity index (χ0) is 11.5. The number of hydrogen-bond donors (Lipinski definition) is 1. The largest absolute Gasteiger partial charge is 0.481 e. The highest BCUT2D eigenvalue weighted by Gasteiger charge is 2.29. The van der Waals surface area contributed by atoms with E-state index in [0.29, 0.717) is 0 Å². The van der Waals surface area contributed by atoms with E-state index in [-0.39, 0.29) is 12.5 Å². The predicted molar refractivity (Wildman–Crippen MR) is 60.5 cm³/mol. The minimum Gasteiger partial charge on any atom is -0.481 e. The standard InChI is InChI=1S/C11H17N3O2/c1-2-13-7-5-12-11(13)14-6-3-4-9(14)8-10(15)16/h5,7,9H,2-4,6,8H2,1H3,(H,15,16). The minimum atomic E-state index is -0.730. The number of hydrogen-bond acceptors (Lipinski definition) is 3. The van der Waals surface area contributed by atoms with Gasteiger partial charge >= 0.3 is 5.97 Å². The molecule has 1 unspecified atom stereocenters. The maximum absolute atomic E-state index is 10.8. The van der Waals surface area contributed by atoms with Crippen molar-refractivity contribution in [3.8, 4) is 0 Å². The van der Waals surface area contributed by atoms with Gasteiger partial charge in [-0.2, -0.15) is 0 Å². The summed E-state index contributed by atoms with van der Waals surface area (Å²) in [5, 5.41) is 8.86. The van der Waals surface area contributed by atoms with Gasteiger partial charge in [-0.05, 0) is 19.8 Å². The molecule has 2 rings (SSSR count). The second kappa shape index (κ2) is 4.55. The van der Waals surface area contributed by atoms with Crippen molar-refractivity contribution >= 4 is 11.9 Å². The fourth-order valence-corrected chi connectivity index (χ4v) is 2.32. The lowest BCUT2D eigenvalue weighted by Crippen LogP contribution is -2.33. The lowest BCUT2D eigenvalue weighted by atomic mass is 10.1. The molecule has 0 aromatic carbocycles. The fourth-order valence-electron chi connectivity index (χ4n) is 2.32. The van der Waals surface area contributed by atoms with E-state index in [2.05, 4.69) is 21.4 Å². The van der Waals surface area contributed by atoms with Crippen molar-refractivity contribution in [2.24, 2.45) is 0 Å². The maximum atomic E-state index is 10.8. The van der Waals surface area contributed by atoms with Gasteiger partial charge < -0.3 is 14.6 Å². The first-order chi connectivity index (χ1) is 7.72. The first-order valence-electron chi connectivity index (χ1n) is 5.72. The zero-order valence-electron chi connectivity index (χ0n) is 9.46. The third-order valence-corrected chi connectivity index (χ3v) is 3.08. The van der Waals surface area contributed by atoms with E-state index in [0.717, 1.165) is 31.9 Å². The van der Waals surface area contributed by atoms with Crippen LogP contribution in [0, 0.1) is 0 Å². The van der Waals surface area contributed by atoms with E-state index in [1.54, 1.807) is 6.20 Å². The monoisotopic (exact) mass is 223 g/mol. The van der Waals surface area contributed by atoms with Crippen LogP contribution >= 0.6 is 0 Å². The molecule has 88 valence electrons. The minimum absolute atomic E-state index is 0.102. The van der Waals surface area contributed by atoms with Gasteiger partial charge in [0.1, 0.15) is 0 Å². The topological polar surface area (TPSA) is 58.4 Å². The van der Waals surface area contributed by atoms with E-state index in [1.807, 2.05) is 6.20 Å². The van der Waals surface area contributed by atoms with Gasteiger partial charge in [-0.3, -0.25) is 4.79 Å². The Morgan fingerprint density at radius 1 is 1.69 bits per heavy atom. The Balaban J connectivity index is 2.16. The van der Waals surface area contributed by atoms with Gasteiger partial charge in [0, 0.05) is 31.5 Å². The molecule has 0 radical (unpaired) electrons. The maximum Gasteiger partial charge on any atom is 0.305 e. The number of carboxylic acid groups (broad SMARTS) is 1. The van der Waals surface area contributed by atoms with Gasteiger partial charge in [0.25, 0.3) is 0 Å². The average molecular weight is 223 g/mol. The van der Waals surface area contributed by atoms with Crippen molar-refractivity contribution in [1.82, 2.24) is 9.55 Å². The lowest BCUT2D eigenvalue weighted by Gasteiger charge is -2.24. The molecule has 1 fully saturated rings. The number of imidazole rings is 1. The molecule has 1 aromatic heterocycles. The molecule has 0 bridgehead atoms. The summed E-state index contributed by atoms with van der Waals surface area (Å²) in [5.41, 5.74) is 0. The molecule has 0 spiro atoms. The van der Waals surface area contributed by atoms with Gasteiger partial charge in [-0.15, -0.1) is 0 Å². The van der Waals surface area contributed by atoms with E-state index in [4.69, 9.17) is 5.11 Å².